The molecule has 0 radical (unpaired) electrons. The molecule has 0 spiro atoms. The van der Waals surface area contributed by atoms with Crippen molar-refractivity contribution in [2.45, 2.75) is 9.63 Å². The fraction of sp³-hybridized carbons (Fsp3) is 0.200. The Balaban J connectivity index is 0.000000293. The van der Waals surface area contributed by atoms with Crippen LogP contribution >= 0.6 is 19.1 Å². The van der Waals surface area contributed by atoms with Crippen LogP contribution in [-0.4, -0.2) is 0 Å². The van der Waals surface area contributed by atoms with Gasteiger partial charge in [0, 0.05) is 0 Å². The maximum absolute atomic E-state index is 4.81. The van der Waals surface area contributed by atoms with Gasteiger partial charge in [0.05, 0.1) is 0 Å². The average molecular weight is 363 g/mol. The quantitative estimate of drug-likeness (QED) is 0.643. The van der Waals surface area contributed by atoms with Gasteiger partial charge in [0.25, 0.3) is 0 Å². The Morgan fingerprint density at radius 2 is 1.07 bits per heavy atom. The molecule has 0 aromatic heterocycles. The first-order valence-electron chi connectivity index (χ1n) is 3.98. The maximum atomic E-state index is 4.81. The summed E-state index contributed by atoms with van der Waals surface area (Å²) in [4.78, 5) is 1.35. The van der Waals surface area contributed by atoms with Gasteiger partial charge in [0.1, 0.15) is 0 Å². The summed E-state index contributed by atoms with van der Waals surface area (Å²) < 4.78 is 0. The predicted octanol–water partition coefficient (Wildman–Crippen LogP) is 4.27. The molecule has 0 unspecified atom stereocenters. The molecule has 0 aliphatic heterocycles. The molecule has 2 aliphatic rings. The third-order valence-corrected chi connectivity index (χ3v) is 3.36. The Labute approximate surface area is 107 Å². The fourth-order valence-corrected chi connectivity index (χ4v) is 2.59. The summed E-state index contributed by atoms with van der Waals surface area (Å²) in [5.74, 6) is 0. The Morgan fingerprint density at radius 3 is 1.36 bits per heavy atom. The van der Waals surface area contributed by atoms with Crippen LogP contribution in [0.25, 0.3) is 0 Å². The van der Waals surface area contributed by atoms with Gasteiger partial charge in [-0.25, -0.2) is 0 Å². The Bertz CT molecular complexity index is 221. The molecule has 0 N–H and O–H groups in total. The minimum absolute atomic E-state index is 0.106. The van der Waals surface area contributed by atoms with Gasteiger partial charge in [-0.1, -0.05) is 0 Å². The molecule has 0 bridgehead atoms. The normalized spacial score (nSPS) is 19.6. The molecule has 0 saturated heterocycles. The van der Waals surface area contributed by atoms with Gasteiger partial charge in [0.15, 0.2) is 0 Å². The van der Waals surface area contributed by atoms with Gasteiger partial charge < -0.3 is 0 Å². The van der Waals surface area contributed by atoms with E-state index in [9.17, 15) is 0 Å². The summed E-state index contributed by atoms with van der Waals surface area (Å²) in [6.45, 7) is 0. The molecule has 14 heavy (non-hydrogen) atoms. The van der Waals surface area contributed by atoms with Crippen LogP contribution in [0.3, 0.4) is 0 Å². The number of allylic oxidation sites excluding steroid dienone is 8. The molecule has 4 heteroatoms. The fourth-order valence-electron chi connectivity index (χ4n) is 1.11. The third-order valence-electron chi connectivity index (χ3n) is 1.66. The van der Waals surface area contributed by atoms with Crippen molar-refractivity contribution in [2.24, 2.45) is 0 Å². The van der Waals surface area contributed by atoms with E-state index in [1.807, 2.05) is 0 Å². The third kappa shape index (κ3) is 4.99. The van der Waals surface area contributed by atoms with Gasteiger partial charge >= 0.3 is 108 Å². The van der Waals surface area contributed by atoms with Crippen LogP contribution in [0.1, 0.15) is 0 Å². The van der Waals surface area contributed by atoms with Crippen molar-refractivity contribution in [3.05, 3.63) is 48.6 Å². The summed E-state index contributed by atoms with van der Waals surface area (Å²) in [7, 11) is 9.63. The number of halogens is 2. The zero-order valence-electron chi connectivity index (χ0n) is 7.20. The van der Waals surface area contributed by atoms with E-state index in [1.165, 1.54) is 15.0 Å². The van der Waals surface area contributed by atoms with Crippen molar-refractivity contribution in [3.8, 4) is 0 Å². The van der Waals surface area contributed by atoms with Crippen LogP contribution in [0.5, 0.6) is 0 Å². The van der Waals surface area contributed by atoms with Crippen LogP contribution in [0.15, 0.2) is 48.6 Å². The van der Waals surface area contributed by atoms with Crippen molar-refractivity contribution in [1.29, 1.82) is 0 Å². The second-order valence-corrected chi connectivity index (χ2v) is 6.76. The van der Waals surface area contributed by atoms with E-state index in [4.69, 9.17) is 19.1 Å². The summed E-state index contributed by atoms with van der Waals surface area (Å²) in [6, 6.07) is 0. The van der Waals surface area contributed by atoms with Crippen LogP contribution < -0.4 is 0 Å². The Hall–Kier alpha value is 0.722. The number of rotatable bonds is 2. The van der Waals surface area contributed by atoms with Crippen LogP contribution in [0.4, 0.5) is 0 Å². The first-order chi connectivity index (χ1) is 6.86. The second kappa shape index (κ2) is 7.94. The second-order valence-electron chi connectivity index (χ2n) is 2.56. The molecule has 82 valence electrons. The predicted molar refractivity (Wildman–Crippen MR) is 55.8 cm³/mol. The van der Waals surface area contributed by atoms with Crippen molar-refractivity contribution in [2.75, 3.05) is 0 Å². The van der Waals surface area contributed by atoms with E-state index in [0.29, 0.717) is 9.63 Å². The van der Waals surface area contributed by atoms with Gasteiger partial charge in [-0.3, -0.25) is 0 Å². The van der Waals surface area contributed by atoms with Gasteiger partial charge in [-0.15, -0.1) is 0 Å². The first-order valence-corrected chi connectivity index (χ1v) is 9.26. The summed E-state index contributed by atoms with van der Waals surface area (Å²) in [6.07, 6.45) is 17.6. The van der Waals surface area contributed by atoms with Crippen molar-refractivity contribution in [3.63, 3.8) is 0 Å². The molecule has 0 heterocycles. The van der Waals surface area contributed by atoms with E-state index in [2.05, 4.69) is 48.6 Å². The average Bonchev–Trinajstić information content (AvgIpc) is 2.79. The van der Waals surface area contributed by atoms with Crippen molar-refractivity contribution < 1.29 is 30.9 Å². The zero-order chi connectivity index (χ0) is 10.2. The Kier molecular flexibility index (Phi) is 7.26. The molecule has 0 amide bonds. The summed E-state index contributed by atoms with van der Waals surface area (Å²) in [5.41, 5.74) is 0. The molecule has 0 aromatic rings. The van der Waals surface area contributed by atoms with Crippen LogP contribution in [-0.2, 0) is 30.9 Å². The molecule has 0 saturated carbocycles. The molecular weight excluding hydrogens is 353 g/mol. The molecule has 0 atom stereocenters. The van der Waals surface area contributed by atoms with E-state index in [-0.39, 0.29) is 15.9 Å². The van der Waals surface area contributed by atoms with E-state index >= 15 is 0 Å². The van der Waals surface area contributed by atoms with E-state index < -0.39 is 0 Å². The first kappa shape index (κ1) is 12.8. The molecule has 0 fully saturated rings. The SMILES string of the molecule is C1=C[CH]([Fe][CH]2C=CC=C2)C=C1.[Cl][Pd][Cl]. The van der Waals surface area contributed by atoms with Gasteiger partial charge in [-0.2, -0.15) is 0 Å². The van der Waals surface area contributed by atoms with E-state index in [0.717, 1.165) is 0 Å². The molecule has 2 rings (SSSR count). The van der Waals surface area contributed by atoms with Crippen LogP contribution in [0.2, 0.25) is 9.63 Å². The number of hydrogen-bond donors (Lipinski definition) is 0. The Morgan fingerprint density at radius 1 is 0.786 bits per heavy atom. The molecule has 0 nitrogen and oxygen atoms in total. The van der Waals surface area contributed by atoms with Crippen molar-refractivity contribution in [1.82, 2.24) is 0 Å². The number of hydrogen-bond acceptors (Lipinski definition) is 0. The van der Waals surface area contributed by atoms with E-state index in [1.54, 1.807) is 0 Å². The van der Waals surface area contributed by atoms with Gasteiger partial charge in [-0.05, 0) is 0 Å². The molecule has 2 aliphatic carbocycles. The summed E-state index contributed by atoms with van der Waals surface area (Å²) in [5, 5.41) is 0. The summed E-state index contributed by atoms with van der Waals surface area (Å²) >= 11 is 1.13. The standard InChI is InChI=1S/2C5H5.2ClH.Fe.Pd/c2*1-2-4-5-3-1;;;;/h2*1-5H;2*1H;;/q;;;;;+2/p-2. The van der Waals surface area contributed by atoms with Crippen LogP contribution in [0, 0.1) is 0 Å². The monoisotopic (exact) mass is 362 g/mol. The van der Waals surface area contributed by atoms with Crippen molar-refractivity contribution >= 4 is 19.1 Å². The van der Waals surface area contributed by atoms with Gasteiger partial charge in [0.2, 0.25) is 0 Å². The molecule has 0 aromatic carbocycles. The minimum atomic E-state index is -0.106. The molecular formula is C10H10Cl2FePd. The topological polar surface area (TPSA) is 0 Å². The zero-order valence-corrected chi connectivity index (χ0v) is 11.4.